The Hall–Kier alpha value is -1.89. The molecule has 1 aromatic rings. The first-order valence-corrected chi connectivity index (χ1v) is 5.35. The lowest BCUT2D eigenvalue weighted by Gasteiger charge is -2.19. The number of rotatable bonds is 4. The molecule has 0 radical (unpaired) electrons. The largest absolute Gasteiger partial charge is 0.465 e. The zero-order valence-electron chi connectivity index (χ0n) is 9.87. The highest BCUT2D eigenvalue weighted by Gasteiger charge is 2.35. The summed E-state index contributed by atoms with van der Waals surface area (Å²) in [5.74, 6) is -1.04. The van der Waals surface area contributed by atoms with Crippen LogP contribution in [-0.4, -0.2) is 12.6 Å². The van der Waals surface area contributed by atoms with E-state index in [2.05, 4.69) is 0 Å². The summed E-state index contributed by atoms with van der Waals surface area (Å²) < 4.78 is 18.3. The van der Waals surface area contributed by atoms with E-state index in [1.807, 2.05) is 6.07 Å². The van der Waals surface area contributed by atoms with Gasteiger partial charge in [0.2, 0.25) is 0 Å². The number of benzene rings is 1. The number of ether oxygens (including phenoxy) is 1. The highest BCUT2D eigenvalue weighted by molar-refractivity contribution is 5.80. The molecule has 1 rings (SSSR count). The Morgan fingerprint density at radius 2 is 2.18 bits per heavy atom. The Kier molecular flexibility index (Phi) is 4.22. The highest BCUT2D eigenvalue weighted by atomic mass is 19.1. The number of nitriles is 1. The molecule has 3 nitrogen and oxygen atoms in total. The number of halogens is 1. The molecule has 0 saturated heterocycles. The van der Waals surface area contributed by atoms with E-state index in [4.69, 9.17) is 10.00 Å². The molecule has 0 saturated carbocycles. The van der Waals surface area contributed by atoms with Gasteiger partial charge in [-0.05, 0) is 25.5 Å². The monoisotopic (exact) mass is 235 g/mol. The van der Waals surface area contributed by atoms with Crippen molar-refractivity contribution in [3.63, 3.8) is 0 Å². The second-order valence-corrected chi connectivity index (χ2v) is 3.93. The fourth-order valence-electron chi connectivity index (χ4n) is 1.47. The minimum absolute atomic E-state index is 0.00894. The summed E-state index contributed by atoms with van der Waals surface area (Å²) in [6, 6.07) is 7.99. The average molecular weight is 235 g/mol. The van der Waals surface area contributed by atoms with Crippen molar-refractivity contribution < 1.29 is 13.9 Å². The van der Waals surface area contributed by atoms with Gasteiger partial charge in [0.1, 0.15) is 5.82 Å². The van der Waals surface area contributed by atoms with Crippen molar-refractivity contribution in [2.24, 2.45) is 5.41 Å². The molecular weight excluding hydrogens is 221 g/mol. The summed E-state index contributed by atoms with van der Waals surface area (Å²) in [4.78, 5) is 11.6. The van der Waals surface area contributed by atoms with Crippen LogP contribution in [0.25, 0.3) is 0 Å². The van der Waals surface area contributed by atoms with Crippen LogP contribution in [0.5, 0.6) is 0 Å². The van der Waals surface area contributed by atoms with Crippen LogP contribution in [0.3, 0.4) is 0 Å². The predicted octanol–water partition coefficient (Wildman–Crippen LogP) is 2.46. The first kappa shape index (κ1) is 13.2. The van der Waals surface area contributed by atoms with Crippen LogP contribution in [0.4, 0.5) is 4.39 Å². The maximum Gasteiger partial charge on any atom is 0.326 e. The second kappa shape index (κ2) is 5.44. The van der Waals surface area contributed by atoms with Gasteiger partial charge in [0.25, 0.3) is 0 Å². The molecule has 1 unspecified atom stereocenters. The third-order valence-electron chi connectivity index (χ3n) is 2.47. The molecular formula is C13H14FNO2. The molecule has 0 bridgehead atoms. The molecule has 0 aliphatic carbocycles. The third-order valence-corrected chi connectivity index (χ3v) is 2.47. The number of carbonyl (C=O) groups is 1. The van der Waals surface area contributed by atoms with Crippen LogP contribution in [0, 0.1) is 22.6 Å². The van der Waals surface area contributed by atoms with Crippen LogP contribution in [0.1, 0.15) is 19.4 Å². The smallest absolute Gasteiger partial charge is 0.326 e. The van der Waals surface area contributed by atoms with E-state index in [0.29, 0.717) is 5.56 Å². The lowest BCUT2D eigenvalue weighted by Crippen LogP contribution is -2.31. The van der Waals surface area contributed by atoms with Gasteiger partial charge < -0.3 is 4.74 Å². The van der Waals surface area contributed by atoms with Crippen molar-refractivity contribution in [3.05, 3.63) is 35.6 Å². The fourth-order valence-corrected chi connectivity index (χ4v) is 1.47. The molecule has 0 heterocycles. The lowest BCUT2D eigenvalue weighted by atomic mass is 9.85. The van der Waals surface area contributed by atoms with Crippen molar-refractivity contribution >= 4 is 5.97 Å². The van der Waals surface area contributed by atoms with Gasteiger partial charge in [-0.2, -0.15) is 5.26 Å². The van der Waals surface area contributed by atoms with Gasteiger partial charge >= 0.3 is 5.97 Å². The van der Waals surface area contributed by atoms with Gasteiger partial charge in [0.15, 0.2) is 5.41 Å². The molecule has 0 amide bonds. The zero-order chi connectivity index (χ0) is 12.9. The number of hydrogen-bond acceptors (Lipinski definition) is 3. The molecule has 0 aliphatic rings. The molecule has 0 N–H and O–H groups in total. The van der Waals surface area contributed by atoms with Crippen LogP contribution in [0.2, 0.25) is 0 Å². The Morgan fingerprint density at radius 1 is 1.53 bits per heavy atom. The topological polar surface area (TPSA) is 50.1 Å². The van der Waals surface area contributed by atoms with Gasteiger partial charge in [-0.15, -0.1) is 0 Å². The summed E-state index contributed by atoms with van der Waals surface area (Å²) in [5.41, 5.74) is -1.01. The molecule has 4 heteroatoms. The minimum Gasteiger partial charge on any atom is -0.465 e. The standard InChI is InChI=1S/C13H14FNO2/c1-3-17-12(16)13(2,9-15)8-10-6-4-5-7-11(10)14/h4-7H,3,8H2,1-2H3. The highest BCUT2D eigenvalue weighted by Crippen LogP contribution is 2.25. The van der Waals surface area contributed by atoms with Crippen molar-refractivity contribution in [2.75, 3.05) is 6.61 Å². The lowest BCUT2D eigenvalue weighted by molar-refractivity contribution is -0.151. The molecule has 0 aromatic heterocycles. The van der Waals surface area contributed by atoms with Gasteiger partial charge in [-0.25, -0.2) is 4.39 Å². The van der Waals surface area contributed by atoms with E-state index < -0.39 is 17.2 Å². The molecule has 90 valence electrons. The van der Waals surface area contributed by atoms with E-state index in [1.165, 1.54) is 13.0 Å². The number of esters is 1. The first-order valence-electron chi connectivity index (χ1n) is 5.35. The normalized spacial score (nSPS) is 13.5. The fraction of sp³-hybridized carbons (Fsp3) is 0.385. The Labute approximate surface area is 99.8 Å². The van der Waals surface area contributed by atoms with Gasteiger partial charge in [0.05, 0.1) is 12.7 Å². The van der Waals surface area contributed by atoms with Crippen molar-refractivity contribution in [1.29, 1.82) is 5.26 Å². The van der Waals surface area contributed by atoms with Gasteiger partial charge in [0, 0.05) is 6.42 Å². The Morgan fingerprint density at radius 3 is 2.71 bits per heavy atom. The van der Waals surface area contributed by atoms with E-state index in [0.717, 1.165) is 0 Å². The zero-order valence-corrected chi connectivity index (χ0v) is 9.87. The van der Waals surface area contributed by atoms with Crippen LogP contribution in [0.15, 0.2) is 24.3 Å². The molecule has 0 fully saturated rings. The average Bonchev–Trinajstić information content (AvgIpc) is 2.32. The number of nitrogens with zero attached hydrogens (tertiary/aromatic N) is 1. The number of carbonyl (C=O) groups excluding carboxylic acids is 1. The molecule has 1 aromatic carbocycles. The van der Waals surface area contributed by atoms with E-state index in [-0.39, 0.29) is 13.0 Å². The van der Waals surface area contributed by atoms with Crippen LogP contribution < -0.4 is 0 Å². The van der Waals surface area contributed by atoms with E-state index >= 15 is 0 Å². The SMILES string of the molecule is CCOC(=O)C(C)(C#N)Cc1ccccc1F. The van der Waals surface area contributed by atoms with Gasteiger partial charge in [-0.3, -0.25) is 4.79 Å². The molecule has 1 atom stereocenters. The molecule has 0 aliphatic heterocycles. The summed E-state index contributed by atoms with van der Waals surface area (Å²) in [6.45, 7) is 3.32. The Balaban J connectivity index is 2.94. The van der Waals surface area contributed by atoms with E-state index in [1.54, 1.807) is 25.1 Å². The van der Waals surface area contributed by atoms with Crippen molar-refractivity contribution in [3.8, 4) is 6.07 Å². The maximum absolute atomic E-state index is 13.4. The first-order chi connectivity index (χ1) is 8.03. The van der Waals surface area contributed by atoms with Crippen LogP contribution in [-0.2, 0) is 16.0 Å². The van der Waals surface area contributed by atoms with E-state index in [9.17, 15) is 9.18 Å². The van der Waals surface area contributed by atoms with Crippen molar-refractivity contribution in [1.82, 2.24) is 0 Å². The van der Waals surface area contributed by atoms with Gasteiger partial charge in [-0.1, -0.05) is 18.2 Å². The summed E-state index contributed by atoms with van der Waals surface area (Å²) in [5, 5.41) is 9.06. The Bertz CT molecular complexity index is 453. The summed E-state index contributed by atoms with van der Waals surface area (Å²) >= 11 is 0. The summed E-state index contributed by atoms with van der Waals surface area (Å²) in [6.07, 6.45) is 0.00894. The molecule has 17 heavy (non-hydrogen) atoms. The second-order valence-electron chi connectivity index (χ2n) is 3.93. The number of hydrogen-bond donors (Lipinski definition) is 0. The third kappa shape index (κ3) is 3.04. The van der Waals surface area contributed by atoms with Crippen LogP contribution >= 0.6 is 0 Å². The summed E-state index contributed by atoms with van der Waals surface area (Å²) in [7, 11) is 0. The predicted molar refractivity (Wildman–Crippen MR) is 60.5 cm³/mol. The minimum atomic E-state index is -1.35. The quantitative estimate of drug-likeness (QED) is 0.753. The van der Waals surface area contributed by atoms with Crippen molar-refractivity contribution in [2.45, 2.75) is 20.3 Å². The maximum atomic E-state index is 13.4. The molecule has 0 spiro atoms.